The average molecular weight is 246 g/mol. The van der Waals surface area contributed by atoms with Gasteiger partial charge in [-0.15, -0.1) is 0 Å². The van der Waals surface area contributed by atoms with E-state index in [2.05, 4.69) is 4.98 Å². The average Bonchev–Trinajstić information content (AvgIpc) is 2.38. The molecule has 0 aliphatic heterocycles. The summed E-state index contributed by atoms with van der Waals surface area (Å²) in [4.78, 5) is 4.12. The van der Waals surface area contributed by atoms with Crippen molar-refractivity contribution in [1.82, 2.24) is 4.98 Å². The van der Waals surface area contributed by atoms with Gasteiger partial charge in [0.2, 0.25) is 0 Å². The number of methoxy groups -OCH3 is 1. The van der Waals surface area contributed by atoms with E-state index in [1.54, 1.807) is 19.4 Å². The lowest BCUT2D eigenvalue weighted by Crippen LogP contribution is -2.13. The van der Waals surface area contributed by atoms with E-state index in [0.717, 1.165) is 11.3 Å². The molecule has 0 bridgehead atoms. The third-order valence-corrected chi connectivity index (χ3v) is 2.81. The molecule has 0 saturated carbocycles. The quantitative estimate of drug-likeness (QED) is 0.905. The predicted molar refractivity (Wildman–Crippen MR) is 68.0 cm³/mol. The van der Waals surface area contributed by atoms with Crippen LogP contribution >= 0.6 is 0 Å². The molecule has 94 valence electrons. The minimum Gasteiger partial charge on any atom is -0.496 e. The summed E-state index contributed by atoms with van der Waals surface area (Å²) in [6.07, 6.45) is 1.69. The van der Waals surface area contributed by atoms with Crippen LogP contribution in [0.3, 0.4) is 0 Å². The van der Waals surface area contributed by atoms with E-state index in [1.165, 1.54) is 12.1 Å². The molecule has 3 nitrogen and oxygen atoms in total. The highest BCUT2D eigenvalue weighted by molar-refractivity contribution is 5.41. The molecule has 2 N–H and O–H groups in total. The van der Waals surface area contributed by atoms with E-state index in [1.807, 2.05) is 19.1 Å². The molecule has 0 amide bonds. The lowest BCUT2D eigenvalue weighted by atomic mass is 9.99. The Balaban J connectivity index is 2.44. The van der Waals surface area contributed by atoms with Gasteiger partial charge in [0, 0.05) is 17.5 Å². The molecule has 1 aromatic heterocycles. The summed E-state index contributed by atoms with van der Waals surface area (Å²) in [7, 11) is 1.54. The lowest BCUT2D eigenvalue weighted by molar-refractivity contribution is 0.406. The van der Waals surface area contributed by atoms with Crippen LogP contribution in [0.4, 0.5) is 4.39 Å². The Morgan fingerprint density at radius 1 is 1.28 bits per heavy atom. The third-order valence-electron chi connectivity index (χ3n) is 2.81. The molecule has 1 unspecified atom stereocenters. The fraction of sp³-hybridized carbons (Fsp3) is 0.214. The van der Waals surface area contributed by atoms with Crippen molar-refractivity contribution in [2.45, 2.75) is 13.0 Å². The van der Waals surface area contributed by atoms with Gasteiger partial charge in [-0.25, -0.2) is 4.39 Å². The maximum absolute atomic E-state index is 13.3. The smallest absolute Gasteiger partial charge is 0.124 e. The first kappa shape index (κ1) is 12.5. The Hall–Kier alpha value is -1.94. The standard InChI is InChI=1S/C14H15FN2O/c1-9-7-10(5-6-17-9)14(16)12-8-11(15)3-4-13(12)18-2/h3-8,14H,16H2,1-2H3. The number of ether oxygens (including phenoxy) is 1. The summed E-state index contributed by atoms with van der Waals surface area (Å²) in [5, 5.41) is 0. The van der Waals surface area contributed by atoms with Crippen LogP contribution in [0.2, 0.25) is 0 Å². The molecule has 0 saturated heterocycles. The summed E-state index contributed by atoms with van der Waals surface area (Å²) in [5.74, 6) is 0.255. The number of nitrogens with zero attached hydrogens (tertiary/aromatic N) is 1. The summed E-state index contributed by atoms with van der Waals surface area (Å²) in [5.41, 5.74) is 8.54. The zero-order valence-corrected chi connectivity index (χ0v) is 10.4. The van der Waals surface area contributed by atoms with Crippen molar-refractivity contribution in [3.63, 3.8) is 0 Å². The van der Waals surface area contributed by atoms with Gasteiger partial charge in [0.1, 0.15) is 11.6 Å². The maximum Gasteiger partial charge on any atom is 0.124 e. The molecule has 4 heteroatoms. The highest BCUT2D eigenvalue weighted by Gasteiger charge is 2.15. The van der Waals surface area contributed by atoms with Crippen molar-refractivity contribution >= 4 is 0 Å². The molecule has 0 fully saturated rings. The minimum absolute atomic E-state index is 0.327. The fourth-order valence-corrected chi connectivity index (χ4v) is 1.89. The fourth-order valence-electron chi connectivity index (χ4n) is 1.89. The van der Waals surface area contributed by atoms with Crippen LogP contribution in [0.25, 0.3) is 0 Å². The Labute approximate surface area is 105 Å². The van der Waals surface area contributed by atoms with Crippen LogP contribution in [0.5, 0.6) is 5.75 Å². The number of rotatable bonds is 3. The van der Waals surface area contributed by atoms with Gasteiger partial charge in [-0.2, -0.15) is 0 Å². The second-order valence-corrected chi connectivity index (χ2v) is 4.09. The first-order chi connectivity index (χ1) is 8.61. The van der Waals surface area contributed by atoms with Crippen LogP contribution in [-0.4, -0.2) is 12.1 Å². The first-order valence-corrected chi connectivity index (χ1v) is 5.63. The summed E-state index contributed by atoms with van der Waals surface area (Å²) in [6, 6.07) is 7.61. The number of hydrogen-bond donors (Lipinski definition) is 1. The van der Waals surface area contributed by atoms with Crippen LogP contribution < -0.4 is 10.5 Å². The zero-order chi connectivity index (χ0) is 13.1. The summed E-state index contributed by atoms with van der Waals surface area (Å²) >= 11 is 0. The molecule has 2 rings (SSSR count). The van der Waals surface area contributed by atoms with E-state index in [-0.39, 0.29) is 5.82 Å². The van der Waals surface area contributed by atoms with Gasteiger partial charge in [0.15, 0.2) is 0 Å². The van der Waals surface area contributed by atoms with Crippen LogP contribution in [-0.2, 0) is 0 Å². The van der Waals surface area contributed by atoms with Crippen molar-refractivity contribution in [3.8, 4) is 5.75 Å². The molecular formula is C14H15FN2O. The Morgan fingerprint density at radius 3 is 2.72 bits per heavy atom. The van der Waals surface area contributed by atoms with Gasteiger partial charge in [0.05, 0.1) is 13.2 Å². The van der Waals surface area contributed by atoms with E-state index in [0.29, 0.717) is 11.3 Å². The predicted octanol–water partition coefficient (Wildman–Crippen LogP) is 2.59. The van der Waals surface area contributed by atoms with E-state index < -0.39 is 6.04 Å². The summed E-state index contributed by atoms with van der Waals surface area (Å²) < 4.78 is 18.5. The largest absolute Gasteiger partial charge is 0.496 e. The monoisotopic (exact) mass is 246 g/mol. The maximum atomic E-state index is 13.3. The van der Waals surface area contributed by atoms with Crippen LogP contribution in [0.1, 0.15) is 22.9 Å². The SMILES string of the molecule is COc1ccc(F)cc1C(N)c1ccnc(C)c1. The Bertz CT molecular complexity index is 557. The molecule has 1 aromatic carbocycles. The second kappa shape index (κ2) is 5.14. The highest BCUT2D eigenvalue weighted by atomic mass is 19.1. The highest BCUT2D eigenvalue weighted by Crippen LogP contribution is 2.28. The van der Waals surface area contributed by atoms with Crippen LogP contribution in [0.15, 0.2) is 36.5 Å². The number of hydrogen-bond acceptors (Lipinski definition) is 3. The Kier molecular flexibility index (Phi) is 3.58. The minimum atomic E-state index is -0.433. The normalized spacial score (nSPS) is 12.2. The molecule has 0 spiro atoms. The number of benzene rings is 1. The molecule has 0 aliphatic carbocycles. The van der Waals surface area contributed by atoms with Gasteiger partial charge >= 0.3 is 0 Å². The third kappa shape index (κ3) is 2.49. The second-order valence-electron chi connectivity index (χ2n) is 4.09. The summed E-state index contributed by atoms with van der Waals surface area (Å²) in [6.45, 7) is 1.89. The number of aryl methyl sites for hydroxylation is 1. The number of aromatic nitrogens is 1. The van der Waals surface area contributed by atoms with Gasteiger partial charge < -0.3 is 10.5 Å². The molecule has 1 atom stereocenters. The van der Waals surface area contributed by atoms with Gasteiger partial charge in [0.25, 0.3) is 0 Å². The van der Waals surface area contributed by atoms with Crippen molar-refractivity contribution in [1.29, 1.82) is 0 Å². The van der Waals surface area contributed by atoms with E-state index in [9.17, 15) is 4.39 Å². The number of pyridine rings is 1. The molecule has 1 heterocycles. The Morgan fingerprint density at radius 2 is 2.06 bits per heavy atom. The topological polar surface area (TPSA) is 48.1 Å². The number of nitrogens with two attached hydrogens (primary N) is 1. The molecule has 0 radical (unpaired) electrons. The van der Waals surface area contributed by atoms with Gasteiger partial charge in [-0.05, 0) is 42.8 Å². The van der Waals surface area contributed by atoms with Crippen molar-refractivity contribution in [2.75, 3.05) is 7.11 Å². The lowest BCUT2D eigenvalue weighted by Gasteiger charge is -2.16. The van der Waals surface area contributed by atoms with Crippen LogP contribution in [0, 0.1) is 12.7 Å². The van der Waals surface area contributed by atoms with E-state index >= 15 is 0 Å². The molecule has 2 aromatic rings. The van der Waals surface area contributed by atoms with Gasteiger partial charge in [-0.3, -0.25) is 4.98 Å². The molecular weight excluding hydrogens is 231 g/mol. The van der Waals surface area contributed by atoms with E-state index in [4.69, 9.17) is 10.5 Å². The zero-order valence-electron chi connectivity index (χ0n) is 10.4. The number of halogens is 1. The first-order valence-electron chi connectivity index (χ1n) is 5.63. The van der Waals surface area contributed by atoms with Crippen molar-refractivity contribution in [3.05, 3.63) is 59.2 Å². The molecule has 0 aliphatic rings. The molecule has 18 heavy (non-hydrogen) atoms. The van der Waals surface area contributed by atoms with Gasteiger partial charge in [-0.1, -0.05) is 0 Å². The van der Waals surface area contributed by atoms with Crippen molar-refractivity contribution in [2.24, 2.45) is 5.73 Å². The van der Waals surface area contributed by atoms with Crippen molar-refractivity contribution < 1.29 is 9.13 Å².